The first-order chi connectivity index (χ1) is 10.4. The summed E-state index contributed by atoms with van der Waals surface area (Å²) in [5.74, 6) is -1.58. The number of aromatic carboxylic acids is 1. The number of amides is 1. The highest BCUT2D eigenvalue weighted by Crippen LogP contribution is 2.30. The van der Waals surface area contributed by atoms with Crippen molar-refractivity contribution in [1.82, 2.24) is 5.32 Å². The number of nitrogens with one attached hydrogen (secondary N) is 1. The van der Waals surface area contributed by atoms with Gasteiger partial charge < -0.3 is 15.1 Å². The Morgan fingerprint density at radius 1 is 1.50 bits per heavy atom. The van der Waals surface area contributed by atoms with Crippen molar-refractivity contribution in [2.75, 3.05) is 0 Å². The topological polar surface area (TPSA) is 105 Å². The molecular formula is C14H17BN2O5. The second kappa shape index (κ2) is 6.59. The first-order valence-corrected chi connectivity index (χ1v) is 7.06. The zero-order valence-electron chi connectivity index (χ0n) is 12.4. The van der Waals surface area contributed by atoms with E-state index in [0.29, 0.717) is 18.4 Å². The van der Waals surface area contributed by atoms with Crippen molar-refractivity contribution in [3.8, 4) is 5.75 Å². The molecule has 0 bridgehead atoms. The van der Waals surface area contributed by atoms with E-state index in [9.17, 15) is 14.5 Å². The van der Waals surface area contributed by atoms with Crippen LogP contribution in [-0.2, 0) is 11.2 Å². The van der Waals surface area contributed by atoms with E-state index in [4.69, 9.17) is 9.76 Å². The average molecular weight is 304 g/mol. The van der Waals surface area contributed by atoms with E-state index in [2.05, 4.69) is 10.4 Å². The van der Waals surface area contributed by atoms with E-state index in [1.54, 1.807) is 12.1 Å². The normalized spacial score (nSPS) is 16.7. The number of fused-ring (bicyclic) bond motifs is 1. The number of carbonyl (C=O) groups is 2. The van der Waals surface area contributed by atoms with Crippen molar-refractivity contribution < 1.29 is 19.3 Å². The Kier molecular flexibility index (Phi) is 4.80. The minimum Gasteiger partial charge on any atom is -0.536 e. The summed E-state index contributed by atoms with van der Waals surface area (Å²) in [5, 5.41) is 14.8. The van der Waals surface area contributed by atoms with Crippen LogP contribution in [0.5, 0.6) is 5.75 Å². The lowest BCUT2D eigenvalue weighted by molar-refractivity contribution is -0.122. The van der Waals surface area contributed by atoms with Gasteiger partial charge in [-0.25, -0.2) is 4.79 Å². The molecule has 0 spiro atoms. The number of hydrogen-bond donors (Lipinski definition) is 2. The standard InChI is InChI=1S/C14H17BN2O5/c1-8(2)6-12(18)16-11-7-9-4-3-5-10(14(19)20)13(9)22-15(11)17-21/h3-5,8,11H,6-7H2,1-2H3,(H,16,18)(H,19,20)/t11-/m0/s1. The zero-order chi connectivity index (χ0) is 16.3. The molecule has 1 aliphatic rings. The fourth-order valence-corrected chi connectivity index (χ4v) is 2.45. The Balaban J connectivity index is 2.23. The van der Waals surface area contributed by atoms with Gasteiger partial charge in [0.1, 0.15) is 5.75 Å². The van der Waals surface area contributed by atoms with Crippen LogP contribution in [0.4, 0.5) is 0 Å². The number of rotatable bonds is 5. The molecule has 0 unspecified atom stereocenters. The van der Waals surface area contributed by atoms with Crippen LogP contribution < -0.4 is 9.97 Å². The third-order valence-corrected chi connectivity index (χ3v) is 3.39. The molecule has 0 aliphatic carbocycles. The second-order valence-corrected chi connectivity index (χ2v) is 5.69. The molecule has 1 aliphatic heterocycles. The second-order valence-electron chi connectivity index (χ2n) is 5.69. The molecule has 7 nitrogen and oxygen atoms in total. The Hall–Kier alpha value is -2.38. The molecule has 2 rings (SSSR count). The number of para-hydroxylation sites is 1. The summed E-state index contributed by atoms with van der Waals surface area (Å²) in [5.41, 5.74) is 0.618. The van der Waals surface area contributed by atoms with Gasteiger partial charge in [0.05, 0.1) is 11.5 Å². The molecule has 1 heterocycles. The van der Waals surface area contributed by atoms with Gasteiger partial charge in [0.15, 0.2) is 0 Å². The molecule has 0 radical (unpaired) electrons. The number of nitroso groups, excluding NO2 is 1. The van der Waals surface area contributed by atoms with E-state index in [1.165, 1.54) is 6.07 Å². The molecule has 116 valence electrons. The minimum absolute atomic E-state index is 0.0156. The van der Waals surface area contributed by atoms with Gasteiger partial charge in [-0.3, -0.25) is 4.79 Å². The van der Waals surface area contributed by atoms with Crippen LogP contribution in [0.25, 0.3) is 0 Å². The quantitative estimate of drug-likeness (QED) is 0.635. The minimum atomic E-state index is -1.14. The smallest absolute Gasteiger partial charge is 0.536 e. The van der Waals surface area contributed by atoms with E-state index < -0.39 is 19.0 Å². The van der Waals surface area contributed by atoms with E-state index in [-0.39, 0.29) is 23.1 Å². The van der Waals surface area contributed by atoms with Gasteiger partial charge >= 0.3 is 13.0 Å². The molecule has 1 aromatic rings. The Morgan fingerprint density at radius 2 is 2.23 bits per heavy atom. The molecule has 2 N–H and O–H groups in total. The van der Waals surface area contributed by atoms with Crippen LogP contribution in [0.1, 0.15) is 36.2 Å². The Morgan fingerprint density at radius 3 is 2.82 bits per heavy atom. The average Bonchev–Trinajstić information content (AvgIpc) is 2.44. The molecule has 0 fully saturated rings. The number of carboxylic acid groups (broad SMARTS) is 1. The summed E-state index contributed by atoms with van der Waals surface area (Å²) in [6.07, 6.45) is 0.640. The van der Waals surface area contributed by atoms with Gasteiger partial charge in [-0.2, -0.15) is 4.91 Å². The van der Waals surface area contributed by atoms with E-state index in [1.807, 2.05) is 13.8 Å². The zero-order valence-corrected chi connectivity index (χ0v) is 12.4. The van der Waals surface area contributed by atoms with E-state index in [0.717, 1.165) is 0 Å². The Bertz CT molecular complexity index is 605. The van der Waals surface area contributed by atoms with Gasteiger partial charge in [-0.1, -0.05) is 31.1 Å². The summed E-state index contributed by atoms with van der Waals surface area (Å²) in [7, 11) is -1.14. The Labute approximate surface area is 128 Å². The van der Waals surface area contributed by atoms with Crippen LogP contribution in [0.15, 0.2) is 23.3 Å². The van der Waals surface area contributed by atoms with Crippen molar-refractivity contribution in [2.24, 2.45) is 11.0 Å². The summed E-state index contributed by atoms with van der Waals surface area (Å²) in [6.45, 7) is 3.84. The highest BCUT2D eigenvalue weighted by Gasteiger charge is 2.40. The summed E-state index contributed by atoms with van der Waals surface area (Å²) in [6, 6.07) is 4.72. The molecular weight excluding hydrogens is 287 g/mol. The molecule has 1 atom stereocenters. The van der Waals surface area contributed by atoms with Crippen LogP contribution >= 0.6 is 0 Å². The SMILES string of the molecule is CC(C)CC(=O)N[C@H]1Cc2cccc(C(=O)O)c2OB1N=O. The van der Waals surface area contributed by atoms with Gasteiger partial charge in [0, 0.05) is 6.42 Å². The van der Waals surface area contributed by atoms with Crippen LogP contribution in [0.3, 0.4) is 0 Å². The molecule has 8 heteroatoms. The van der Waals surface area contributed by atoms with Gasteiger partial charge in [0.25, 0.3) is 0 Å². The van der Waals surface area contributed by atoms with Crippen molar-refractivity contribution in [3.05, 3.63) is 34.2 Å². The lowest BCUT2D eigenvalue weighted by atomic mass is 9.68. The number of carbonyl (C=O) groups excluding carboxylic acids is 1. The molecule has 0 aromatic heterocycles. The third kappa shape index (κ3) is 3.44. The monoisotopic (exact) mass is 304 g/mol. The molecule has 0 saturated carbocycles. The third-order valence-electron chi connectivity index (χ3n) is 3.39. The maximum absolute atomic E-state index is 11.9. The number of hydrogen-bond acceptors (Lipinski definition) is 5. The van der Waals surface area contributed by atoms with Crippen LogP contribution in [0.2, 0.25) is 0 Å². The summed E-state index contributed by atoms with van der Waals surface area (Å²) >= 11 is 0. The number of carboxylic acids is 1. The molecule has 1 aromatic carbocycles. The van der Waals surface area contributed by atoms with Crippen molar-refractivity contribution in [3.63, 3.8) is 0 Å². The van der Waals surface area contributed by atoms with E-state index >= 15 is 0 Å². The maximum Gasteiger partial charge on any atom is 0.570 e. The van der Waals surface area contributed by atoms with Crippen molar-refractivity contribution >= 4 is 18.9 Å². The fraction of sp³-hybridized carbons (Fsp3) is 0.429. The summed E-state index contributed by atoms with van der Waals surface area (Å²) in [4.78, 5) is 34.0. The molecule has 22 heavy (non-hydrogen) atoms. The predicted molar refractivity (Wildman–Crippen MR) is 80.7 cm³/mol. The summed E-state index contributed by atoms with van der Waals surface area (Å²) < 4.78 is 5.42. The van der Waals surface area contributed by atoms with Crippen LogP contribution in [0, 0.1) is 10.8 Å². The number of nitrogens with zero attached hydrogens (tertiary/aromatic N) is 1. The highest BCUT2D eigenvalue weighted by atomic mass is 16.5. The number of benzene rings is 1. The van der Waals surface area contributed by atoms with Gasteiger partial charge in [-0.15, -0.1) is 0 Å². The lowest BCUT2D eigenvalue weighted by Gasteiger charge is -2.28. The first-order valence-electron chi connectivity index (χ1n) is 7.06. The maximum atomic E-state index is 11.9. The van der Waals surface area contributed by atoms with Gasteiger partial charge in [0.2, 0.25) is 5.91 Å². The molecule has 0 saturated heterocycles. The highest BCUT2D eigenvalue weighted by molar-refractivity contribution is 6.53. The predicted octanol–water partition coefficient (Wildman–Crippen LogP) is 1.64. The fourth-order valence-electron chi connectivity index (χ4n) is 2.45. The van der Waals surface area contributed by atoms with Gasteiger partial charge in [-0.05, 0) is 24.0 Å². The van der Waals surface area contributed by atoms with Crippen molar-refractivity contribution in [2.45, 2.75) is 32.6 Å². The van der Waals surface area contributed by atoms with Crippen molar-refractivity contribution in [1.29, 1.82) is 0 Å². The largest absolute Gasteiger partial charge is 0.570 e. The first kappa shape index (κ1) is 16.0. The lowest BCUT2D eigenvalue weighted by Crippen LogP contribution is -2.52. The van der Waals surface area contributed by atoms with Crippen LogP contribution in [-0.4, -0.2) is 30.0 Å². The molecule has 1 amide bonds.